The molecule has 0 aliphatic rings. The number of phenols is 4. The topological polar surface area (TPSA) is 80.9 Å². The van der Waals surface area contributed by atoms with Crippen molar-refractivity contribution in [3.8, 4) is 23.0 Å². The molecule has 0 saturated heterocycles. The van der Waals surface area contributed by atoms with Crippen LogP contribution in [0.15, 0.2) is 30.3 Å². The zero-order valence-electron chi connectivity index (χ0n) is 17.8. The third-order valence-electron chi connectivity index (χ3n) is 6.14. The SMILES string of the molecule is Cc1cc(C(c2ccc(O)cc2O)c2cc(C)c(O)c(C)c2C)c(C)c(C)c1O. The largest absolute Gasteiger partial charge is 0.508 e. The van der Waals surface area contributed by atoms with Crippen molar-refractivity contribution in [3.63, 3.8) is 0 Å². The van der Waals surface area contributed by atoms with Gasteiger partial charge in [-0.05, 0) is 92.1 Å². The number of hydrogen-bond donors (Lipinski definition) is 4. The summed E-state index contributed by atoms with van der Waals surface area (Å²) in [6.45, 7) is 11.4. The van der Waals surface area contributed by atoms with Crippen molar-refractivity contribution in [3.05, 3.63) is 80.4 Å². The highest BCUT2D eigenvalue weighted by molar-refractivity contribution is 5.60. The predicted molar refractivity (Wildman–Crippen MR) is 115 cm³/mol. The summed E-state index contributed by atoms with van der Waals surface area (Å²) in [7, 11) is 0. The van der Waals surface area contributed by atoms with Gasteiger partial charge in [0.15, 0.2) is 0 Å². The molecule has 0 aliphatic heterocycles. The number of benzene rings is 3. The minimum absolute atomic E-state index is 0.000521. The predicted octanol–water partition coefficient (Wildman–Crippen LogP) is 5.54. The molecule has 0 aromatic heterocycles. The first-order valence-electron chi connectivity index (χ1n) is 9.65. The number of rotatable bonds is 3. The maximum absolute atomic E-state index is 10.7. The van der Waals surface area contributed by atoms with E-state index in [-0.39, 0.29) is 28.9 Å². The van der Waals surface area contributed by atoms with E-state index in [1.165, 1.54) is 6.07 Å². The van der Waals surface area contributed by atoms with Gasteiger partial charge in [-0.25, -0.2) is 0 Å². The molecule has 0 saturated carbocycles. The minimum Gasteiger partial charge on any atom is -0.508 e. The molecule has 4 N–H and O–H groups in total. The molecule has 0 atom stereocenters. The van der Waals surface area contributed by atoms with Crippen molar-refractivity contribution in [1.82, 2.24) is 0 Å². The minimum atomic E-state index is -0.327. The number of aromatic hydroxyl groups is 4. The summed E-state index contributed by atoms with van der Waals surface area (Å²) in [4.78, 5) is 0. The number of aryl methyl sites for hydroxylation is 2. The van der Waals surface area contributed by atoms with Gasteiger partial charge in [0.1, 0.15) is 23.0 Å². The lowest BCUT2D eigenvalue weighted by Crippen LogP contribution is -2.10. The highest BCUT2D eigenvalue weighted by Gasteiger charge is 2.27. The summed E-state index contributed by atoms with van der Waals surface area (Å²) in [6.07, 6.45) is 0. The van der Waals surface area contributed by atoms with E-state index in [0.29, 0.717) is 5.56 Å². The van der Waals surface area contributed by atoms with Crippen molar-refractivity contribution in [2.45, 2.75) is 47.5 Å². The van der Waals surface area contributed by atoms with E-state index in [1.54, 1.807) is 12.1 Å². The summed E-state index contributed by atoms with van der Waals surface area (Å²) in [5, 5.41) is 41.3. The van der Waals surface area contributed by atoms with Crippen LogP contribution in [0, 0.1) is 41.5 Å². The molecular weight excluding hydrogens is 364 g/mol. The Morgan fingerprint density at radius 3 is 1.41 bits per heavy atom. The molecule has 0 radical (unpaired) electrons. The smallest absolute Gasteiger partial charge is 0.123 e. The van der Waals surface area contributed by atoms with Gasteiger partial charge in [-0.3, -0.25) is 0 Å². The van der Waals surface area contributed by atoms with Crippen molar-refractivity contribution in [2.75, 3.05) is 0 Å². The lowest BCUT2D eigenvalue weighted by Gasteiger charge is -2.27. The van der Waals surface area contributed by atoms with Crippen molar-refractivity contribution in [2.24, 2.45) is 0 Å². The molecule has 0 fully saturated rings. The van der Waals surface area contributed by atoms with Gasteiger partial charge in [-0.2, -0.15) is 0 Å². The first-order chi connectivity index (χ1) is 13.5. The van der Waals surface area contributed by atoms with E-state index in [1.807, 2.05) is 53.7 Å². The highest BCUT2D eigenvalue weighted by Crippen LogP contribution is 2.44. The summed E-state index contributed by atoms with van der Waals surface area (Å²) < 4.78 is 0. The van der Waals surface area contributed by atoms with E-state index in [0.717, 1.165) is 44.5 Å². The van der Waals surface area contributed by atoms with Crippen LogP contribution in [0.3, 0.4) is 0 Å². The van der Waals surface area contributed by atoms with Gasteiger partial charge in [0.05, 0.1) is 0 Å². The fraction of sp³-hybridized carbons (Fsp3) is 0.280. The van der Waals surface area contributed by atoms with Gasteiger partial charge in [-0.1, -0.05) is 18.2 Å². The lowest BCUT2D eigenvalue weighted by molar-refractivity contribution is 0.445. The molecule has 0 aliphatic carbocycles. The normalized spacial score (nSPS) is 11.3. The molecule has 4 nitrogen and oxygen atoms in total. The Bertz CT molecular complexity index is 1050. The zero-order chi connectivity index (χ0) is 21.6. The van der Waals surface area contributed by atoms with Gasteiger partial charge in [0, 0.05) is 17.5 Å². The average molecular weight is 392 g/mol. The molecule has 0 bridgehead atoms. The Morgan fingerprint density at radius 1 is 0.552 bits per heavy atom. The van der Waals surface area contributed by atoms with Gasteiger partial charge in [0.2, 0.25) is 0 Å². The van der Waals surface area contributed by atoms with Gasteiger partial charge in [0.25, 0.3) is 0 Å². The molecule has 3 aromatic carbocycles. The molecule has 3 aromatic rings. The Kier molecular flexibility index (Phi) is 5.22. The van der Waals surface area contributed by atoms with Crippen molar-refractivity contribution >= 4 is 0 Å². The molecule has 0 heterocycles. The van der Waals surface area contributed by atoms with Crippen molar-refractivity contribution in [1.29, 1.82) is 0 Å². The third kappa shape index (κ3) is 3.39. The van der Waals surface area contributed by atoms with Gasteiger partial charge < -0.3 is 20.4 Å². The zero-order valence-corrected chi connectivity index (χ0v) is 17.8. The summed E-state index contributed by atoms with van der Waals surface area (Å²) >= 11 is 0. The second kappa shape index (κ2) is 7.36. The van der Waals surface area contributed by atoms with Crippen molar-refractivity contribution < 1.29 is 20.4 Å². The second-order valence-electron chi connectivity index (χ2n) is 7.94. The molecule has 3 rings (SSSR count). The monoisotopic (exact) mass is 392 g/mol. The van der Waals surface area contributed by atoms with Crippen LogP contribution in [0.4, 0.5) is 0 Å². The van der Waals surface area contributed by atoms with Crippen LogP contribution >= 0.6 is 0 Å². The van der Waals surface area contributed by atoms with Gasteiger partial charge in [-0.15, -0.1) is 0 Å². The van der Waals surface area contributed by atoms with Crippen LogP contribution in [0.25, 0.3) is 0 Å². The van der Waals surface area contributed by atoms with Crippen LogP contribution in [0.5, 0.6) is 23.0 Å². The first-order valence-corrected chi connectivity index (χ1v) is 9.65. The average Bonchev–Trinajstić information content (AvgIpc) is 2.67. The first kappa shape index (κ1) is 20.6. The van der Waals surface area contributed by atoms with Crippen LogP contribution in [0.1, 0.15) is 56.0 Å². The highest BCUT2D eigenvalue weighted by atomic mass is 16.3. The van der Waals surface area contributed by atoms with E-state index >= 15 is 0 Å². The molecular formula is C25H28O4. The lowest BCUT2D eigenvalue weighted by atomic mass is 9.78. The molecule has 0 spiro atoms. The maximum Gasteiger partial charge on any atom is 0.123 e. The van der Waals surface area contributed by atoms with Gasteiger partial charge >= 0.3 is 0 Å². The van der Waals surface area contributed by atoms with Crippen LogP contribution in [-0.4, -0.2) is 20.4 Å². The van der Waals surface area contributed by atoms with E-state index in [9.17, 15) is 20.4 Å². The Labute approximate surface area is 171 Å². The second-order valence-corrected chi connectivity index (χ2v) is 7.94. The Hall–Kier alpha value is -3.14. The molecule has 0 amide bonds. The number of hydrogen-bond acceptors (Lipinski definition) is 4. The van der Waals surface area contributed by atoms with Crippen LogP contribution in [0.2, 0.25) is 0 Å². The summed E-state index contributed by atoms with van der Waals surface area (Å²) in [5.41, 5.74) is 7.58. The Balaban J connectivity index is 2.43. The third-order valence-corrected chi connectivity index (χ3v) is 6.14. The molecule has 0 unspecified atom stereocenters. The summed E-state index contributed by atoms with van der Waals surface area (Å²) in [5.74, 6) is 0.214. The molecule has 29 heavy (non-hydrogen) atoms. The van der Waals surface area contributed by atoms with Crippen LogP contribution in [-0.2, 0) is 0 Å². The van der Waals surface area contributed by atoms with Crippen LogP contribution < -0.4 is 0 Å². The number of phenolic OH excluding ortho intramolecular Hbond substituents is 4. The van der Waals surface area contributed by atoms with E-state index in [4.69, 9.17) is 0 Å². The quantitative estimate of drug-likeness (QED) is 0.441. The molecule has 4 heteroatoms. The Morgan fingerprint density at radius 2 is 1.00 bits per heavy atom. The van der Waals surface area contributed by atoms with E-state index in [2.05, 4.69) is 0 Å². The standard InChI is InChI=1S/C25H28O4/c1-12-9-20(14(3)16(5)24(12)28)23(19-8-7-18(26)11-22(19)27)21-10-13(2)25(29)17(6)15(21)4/h7-11,23,26-29H,1-6H3. The fourth-order valence-electron chi connectivity index (χ4n) is 4.08. The fourth-order valence-corrected chi connectivity index (χ4v) is 4.08. The summed E-state index contributed by atoms with van der Waals surface area (Å²) in [6, 6.07) is 8.53. The molecule has 152 valence electrons. The van der Waals surface area contributed by atoms with E-state index < -0.39 is 0 Å². The maximum atomic E-state index is 10.7.